The molecule has 0 saturated heterocycles. The van der Waals surface area contributed by atoms with E-state index >= 15 is 0 Å². The Labute approximate surface area is 269 Å². The second-order valence-corrected chi connectivity index (χ2v) is 21.3. The predicted molar refractivity (Wildman–Crippen MR) is 178 cm³/mol. The van der Waals surface area contributed by atoms with Crippen LogP contribution in [0.2, 0.25) is 18.1 Å². The van der Waals surface area contributed by atoms with E-state index in [2.05, 4.69) is 53.8 Å². The number of hydrogen-bond donors (Lipinski definition) is 0. The molecule has 0 aliphatic heterocycles. The van der Waals surface area contributed by atoms with Gasteiger partial charge in [-0.25, -0.2) is 0 Å². The minimum Gasteiger partial charge on any atom is -0.472 e. The van der Waals surface area contributed by atoms with E-state index in [0.717, 1.165) is 37.4 Å². The average molecular weight is 633 g/mol. The van der Waals surface area contributed by atoms with E-state index in [1.54, 1.807) is 0 Å². The molecule has 4 aliphatic carbocycles. The third kappa shape index (κ3) is 6.28. The van der Waals surface area contributed by atoms with Crippen molar-refractivity contribution in [3.05, 3.63) is 24.2 Å². The van der Waals surface area contributed by atoms with Crippen molar-refractivity contribution in [3.8, 4) is 0 Å². The average Bonchev–Trinajstić information content (AvgIpc) is 3.61. The van der Waals surface area contributed by atoms with Crippen molar-refractivity contribution in [1.82, 2.24) is 0 Å². The van der Waals surface area contributed by atoms with E-state index in [1.165, 1.54) is 56.9 Å². The first-order valence-electron chi connectivity index (χ1n) is 18.0. The Hall–Kier alpha value is -0.703. The van der Waals surface area contributed by atoms with Crippen molar-refractivity contribution in [3.63, 3.8) is 0 Å². The lowest BCUT2D eigenvalue weighted by Gasteiger charge is -2.62. The summed E-state index contributed by atoms with van der Waals surface area (Å²) in [5.74, 6) is 2.98. The van der Waals surface area contributed by atoms with E-state index in [0.29, 0.717) is 37.3 Å². The summed E-state index contributed by atoms with van der Waals surface area (Å²) >= 11 is 0. The fourth-order valence-corrected chi connectivity index (χ4v) is 11.1. The van der Waals surface area contributed by atoms with Crippen molar-refractivity contribution < 1.29 is 27.8 Å². The van der Waals surface area contributed by atoms with Gasteiger partial charge in [-0.1, -0.05) is 34.6 Å². The highest BCUT2D eigenvalue weighted by Gasteiger charge is 2.66. The Balaban J connectivity index is 1.25. The third-order valence-corrected chi connectivity index (χ3v) is 18.1. The van der Waals surface area contributed by atoms with E-state index in [9.17, 15) is 0 Å². The van der Waals surface area contributed by atoms with Crippen molar-refractivity contribution in [2.45, 2.75) is 142 Å². The molecule has 252 valence electrons. The molecule has 4 fully saturated rings. The van der Waals surface area contributed by atoms with E-state index in [1.807, 2.05) is 26.4 Å². The van der Waals surface area contributed by atoms with Gasteiger partial charge in [0.15, 0.2) is 14.6 Å². The first kappa shape index (κ1) is 34.6. The van der Waals surface area contributed by atoms with Gasteiger partial charge in [0.2, 0.25) is 0 Å². The largest absolute Gasteiger partial charge is 0.472 e. The number of fused-ring (bicyclic) bond motifs is 5. The highest BCUT2D eigenvalue weighted by Crippen LogP contribution is 2.71. The van der Waals surface area contributed by atoms with Crippen molar-refractivity contribution in [1.29, 1.82) is 0 Å². The molecule has 0 amide bonds. The molecule has 0 radical (unpaired) electrons. The van der Waals surface area contributed by atoms with Crippen molar-refractivity contribution >= 4 is 8.32 Å². The zero-order valence-corrected chi connectivity index (χ0v) is 30.5. The molecule has 0 bridgehead atoms. The van der Waals surface area contributed by atoms with Crippen LogP contribution in [0, 0.1) is 34.5 Å². The summed E-state index contributed by atoms with van der Waals surface area (Å²) in [7, 11) is -1.72. The van der Waals surface area contributed by atoms with Gasteiger partial charge in [-0.3, -0.25) is 0 Å². The number of hydrogen-bond acceptors (Lipinski definition) is 6. The van der Waals surface area contributed by atoms with Crippen LogP contribution >= 0.6 is 0 Å². The molecule has 0 aromatic carbocycles. The van der Waals surface area contributed by atoms with Gasteiger partial charge < -0.3 is 27.8 Å². The normalized spacial score (nSPS) is 37.5. The lowest BCUT2D eigenvalue weighted by Crippen LogP contribution is -2.57. The molecular weight excluding hydrogens is 568 g/mol. The van der Waals surface area contributed by atoms with E-state index in [-0.39, 0.29) is 22.3 Å². The molecule has 7 heteroatoms. The van der Waals surface area contributed by atoms with Gasteiger partial charge in [0.25, 0.3) is 0 Å². The minimum absolute atomic E-state index is 0.0642. The summed E-state index contributed by atoms with van der Waals surface area (Å²) in [6, 6.07) is 2.15. The Morgan fingerprint density at radius 2 is 1.66 bits per heavy atom. The quantitative estimate of drug-likeness (QED) is 0.123. The minimum atomic E-state index is -1.72. The summed E-state index contributed by atoms with van der Waals surface area (Å²) in [6.07, 6.45) is 14.9. The maximum atomic E-state index is 7.05. The Bertz CT molecular complexity index is 1050. The number of rotatable bonds is 13. The summed E-state index contributed by atoms with van der Waals surface area (Å²) in [6.45, 7) is 24.0. The highest BCUT2D eigenvalue weighted by atomic mass is 28.4. The lowest BCUT2D eigenvalue weighted by molar-refractivity contribution is -0.229. The monoisotopic (exact) mass is 632 g/mol. The van der Waals surface area contributed by atoms with Crippen LogP contribution in [0.5, 0.6) is 0 Å². The second-order valence-electron chi connectivity index (χ2n) is 16.5. The van der Waals surface area contributed by atoms with Crippen LogP contribution in [0.3, 0.4) is 0 Å². The molecule has 1 aromatic heterocycles. The molecule has 0 N–H and O–H groups in total. The van der Waals surface area contributed by atoms with Crippen LogP contribution in [0.4, 0.5) is 0 Å². The van der Waals surface area contributed by atoms with Crippen LogP contribution < -0.4 is 0 Å². The van der Waals surface area contributed by atoms with Crippen LogP contribution in [0.25, 0.3) is 0 Å². The topological polar surface area (TPSA) is 59.3 Å². The summed E-state index contributed by atoms with van der Waals surface area (Å²) in [4.78, 5) is 0. The van der Waals surface area contributed by atoms with Gasteiger partial charge in [-0.15, -0.1) is 0 Å². The molecule has 4 saturated carbocycles. The third-order valence-electron chi connectivity index (χ3n) is 13.6. The van der Waals surface area contributed by atoms with Crippen LogP contribution in [-0.2, 0) is 29.0 Å². The maximum absolute atomic E-state index is 7.05. The van der Waals surface area contributed by atoms with Gasteiger partial charge in [0, 0.05) is 24.2 Å². The van der Waals surface area contributed by atoms with E-state index < -0.39 is 8.32 Å². The fraction of sp³-hybridized carbons (Fsp3) is 0.892. The van der Waals surface area contributed by atoms with Gasteiger partial charge >= 0.3 is 0 Å². The Morgan fingerprint density at radius 1 is 0.932 bits per heavy atom. The number of ether oxygens (including phenoxy) is 4. The predicted octanol–water partition coefficient (Wildman–Crippen LogP) is 9.34. The first-order chi connectivity index (χ1) is 20.8. The summed E-state index contributed by atoms with van der Waals surface area (Å²) in [5.41, 5.74) is 1.31. The van der Waals surface area contributed by atoms with Gasteiger partial charge in [-0.05, 0) is 125 Å². The summed E-state index contributed by atoms with van der Waals surface area (Å²) < 4.78 is 37.5. The second kappa shape index (κ2) is 13.4. The molecule has 6 nitrogen and oxygen atoms in total. The lowest BCUT2D eigenvalue weighted by atomic mass is 9.44. The van der Waals surface area contributed by atoms with Gasteiger partial charge in [0.1, 0.15) is 5.60 Å². The molecule has 0 spiro atoms. The van der Waals surface area contributed by atoms with Crippen molar-refractivity contribution in [2.24, 2.45) is 34.5 Å². The van der Waals surface area contributed by atoms with Crippen LogP contribution in [0.15, 0.2) is 23.0 Å². The molecule has 44 heavy (non-hydrogen) atoms. The summed E-state index contributed by atoms with van der Waals surface area (Å²) in [5, 5.41) is 0.243. The standard InChI is InChI=1S/C37H64O6Si/c1-10-39-33(40-11-2)26-42-37(28-17-21-38-25-28)20-16-32-30-13-12-27-24-29(41-22-23-43-44(8,9)34(3,4)5)14-18-35(27,6)31(30)15-19-36(32,37)7/h17,21,25,27,29-33H,10-16,18-20,22-24,26H2,1-9H3/t27?,29?,30-,31-,32+,35+,36+,37?/m1/s1. The molecular formula is C37H64O6Si. The Morgan fingerprint density at radius 3 is 2.32 bits per heavy atom. The zero-order chi connectivity index (χ0) is 31.8. The molecule has 1 heterocycles. The van der Waals surface area contributed by atoms with Gasteiger partial charge in [-0.2, -0.15) is 0 Å². The van der Waals surface area contributed by atoms with Gasteiger partial charge in [0.05, 0.1) is 38.5 Å². The highest BCUT2D eigenvalue weighted by molar-refractivity contribution is 6.74. The number of furan rings is 1. The Kier molecular flexibility index (Phi) is 10.6. The van der Waals surface area contributed by atoms with Crippen LogP contribution in [-0.4, -0.2) is 53.7 Å². The molecule has 4 aliphatic rings. The fourth-order valence-electron chi connectivity index (χ4n) is 10.1. The molecule has 5 rings (SSSR count). The van der Waals surface area contributed by atoms with Crippen molar-refractivity contribution in [2.75, 3.05) is 33.0 Å². The molecule has 1 aromatic rings. The van der Waals surface area contributed by atoms with Crippen LogP contribution in [0.1, 0.15) is 112 Å². The maximum Gasteiger partial charge on any atom is 0.192 e. The molecule has 3 unspecified atom stereocenters. The van der Waals surface area contributed by atoms with E-state index in [4.69, 9.17) is 27.8 Å². The zero-order valence-electron chi connectivity index (χ0n) is 29.5. The smallest absolute Gasteiger partial charge is 0.192 e. The first-order valence-corrected chi connectivity index (χ1v) is 20.9. The SMILES string of the molecule is CCOC(COC1(c2ccoc2)CC[C@H]2[C@@H]3CCC4CC(OCCO[Si](C)(C)C(C)(C)C)CC[C@]4(C)[C@@H]3CC[C@@]21C)OCC. The molecule has 8 atom stereocenters.